The standard InChI is InChI=1S/C11H20N2O3/c14-11(15)10-8-6-4-2-1-3-5-7-9-13(10)12-16/h10H,1-9H2,(H,14,15). The quantitative estimate of drug-likeness (QED) is 0.737. The van der Waals surface area contributed by atoms with Gasteiger partial charge in [-0.3, -0.25) is 0 Å². The summed E-state index contributed by atoms with van der Waals surface area (Å²) in [4.78, 5) is 21.7. The summed E-state index contributed by atoms with van der Waals surface area (Å²) in [5.74, 6) is -0.932. The first-order valence-corrected chi connectivity index (χ1v) is 6.08. The molecule has 1 aliphatic heterocycles. The van der Waals surface area contributed by atoms with Gasteiger partial charge in [-0.1, -0.05) is 38.5 Å². The van der Waals surface area contributed by atoms with Crippen molar-refractivity contribution in [2.45, 2.75) is 57.4 Å². The molecule has 5 nitrogen and oxygen atoms in total. The number of hydrogen-bond acceptors (Lipinski definition) is 3. The van der Waals surface area contributed by atoms with Crippen LogP contribution in [0.1, 0.15) is 51.4 Å². The van der Waals surface area contributed by atoms with E-state index in [-0.39, 0.29) is 0 Å². The molecule has 0 aromatic carbocycles. The van der Waals surface area contributed by atoms with Crippen LogP contribution in [0.4, 0.5) is 0 Å². The van der Waals surface area contributed by atoms with Crippen molar-refractivity contribution < 1.29 is 9.90 Å². The average Bonchev–Trinajstić information content (AvgIpc) is 2.31. The van der Waals surface area contributed by atoms with Gasteiger partial charge in [-0.2, -0.15) is 0 Å². The first kappa shape index (κ1) is 12.9. The maximum atomic E-state index is 11.0. The van der Waals surface area contributed by atoms with Crippen LogP contribution < -0.4 is 0 Å². The van der Waals surface area contributed by atoms with E-state index in [9.17, 15) is 9.70 Å². The van der Waals surface area contributed by atoms with Gasteiger partial charge < -0.3 is 5.11 Å². The Morgan fingerprint density at radius 3 is 2.19 bits per heavy atom. The Bertz CT molecular complexity index is 233. The van der Waals surface area contributed by atoms with Gasteiger partial charge in [-0.05, 0) is 12.8 Å². The first-order valence-electron chi connectivity index (χ1n) is 6.08. The predicted molar refractivity (Wildman–Crippen MR) is 60.9 cm³/mol. The molecule has 0 aromatic rings. The van der Waals surface area contributed by atoms with Gasteiger partial charge in [0.2, 0.25) is 0 Å². The number of carbonyl (C=O) groups is 1. The normalized spacial score (nSPS) is 24.5. The van der Waals surface area contributed by atoms with E-state index >= 15 is 0 Å². The van der Waals surface area contributed by atoms with Crippen LogP contribution in [0, 0.1) is 4.91 Å². The van der Waals surface area contributed by atoms with Gasteiger partial charge in [0.1, 0.15) is 6.04 Å². The molecule has 1 rings (SSSR count). The summed E-state index contributed by atoms with van der Waals surface area (Å²) in [6, 6.07) is -0.726. The molecule has 16 heavy (non-hydrogen) atoms. The molecule has 0 aliphatic carbocycles. The van der Waals surface area contributed by atoms with E-state index in [1.165, 1.54) is 24.3 Å². The third-order valence-electron chi connectivity index (χ3n) is 3.11. The fraction of sp³-hybridized carbons (Fsp3) is 0.909. The van der Waals surface area contributed by atoms with Crippen molar-refractivity contribution in [1.82, 2.24) is 5.01 Å². The molecule has 0 aromatic heterocycles. The van der Waals surface area contributed by atoms with E-state index in [2.05, 4.69) is 5.29 Å². The summed E-state index contributed by atoms with van der Waals surface area (Å²) in [5.41, 5.74) is 0. The van der Waals surface area contributed by atoms with Crippen molar-refractivity contribution in [2.24, 2.45) is 5.29 Å². The van der Waals surface area contributed by atoms with E-state index in [1.807, 2.05) is 0 Å². The van der Waals surface area contributed by atoms with Crippen LogP contribution in [-0.4, -0.2) is 28.7 Å². The van der Waals surface area contributed by atoms with Crippen molar-refractivity contribution in [1.29, 1.82) is 0 Å². The highest BCUT2D eigenvalue weighted by atomic mass is 16.4. The van der Waals surface area contributed by atoms with Crippen molar-refractivity contribution >= 4 is 5.97 Å². The number of aliphatic carboxylic acids is 1. The Balaban J connectivity index is 2.58. The van der Waals surface area contributed by atoms with Crippen LogP contribution >= 0.6 is 0 Å². The van der Waals surface area contributed by atoms with Crippen LogP contribution in [0.25, 0.3) is 0 Å². The Morgan fingerprint density at radius 1 is 1.06 bits per heavy atom. The van der Waals surface area contributed by atoms with E-state index in [0.717, 1.165) is 25.7 Å². The molecule has 5 heteroatoms. The lowest BCUT2D eigenvalue weighted by Crippen LogP contribution is -2.38. The summed E-state index contributed by atoms with van der Waals surface area (Å²) in [6.45, 7) is 0.473. The zero-order valence-corrected chi connectivity index (χ0v) is 9.60. The second-order valence-corrected chi connectivity index (χ2v) is 4.36. The monoisotopic (exact) mass is 228 g/mol. The fourth-order valence-electron chi connectivity index (χ4n) is 2.15. The molecular formula is C11H20N2O3. The molecule has 1 N–H and O–H groups in total. The fourth-order valence-corrected chi connectivity index (χ4v) is 2.15. The molecule has 1 fully saturated rings. The van der Waals surface area contributed by atoms with E-state index in [4.69, 9.17) is 5.11 Å². The van der Waals surface area contributed by atoms with Crippen LogP contribution in [-0.2, 0) is 4.79 Å². The predicted octanol–water partition coefficient (Wildman–Crippen LogP) is 2.56. The van der Waals surface area contributed by atoms with E-state index in [1.54, 1.807) is 0 Å². The van der Waals surface area contributed by atoms with Gasteiger partial charge >= 0.3 is 5.97 Å². The average molecular weight is 228 g/mol. The van der Waals surface area contributed by atoms with Gasteiger partial charge in [0.15, 0.2) is 0 Å². The van der Waals surface area contributed by atoms with Crippen LogP contribution in [0.2, 0.25) is 0 Å². The summed E-state index contributed by atoms with van der Waals surface area (Å²) in [5, 5.41) is 13.1. The molecule has 0 spiro atoms. The van der Waals surface area contributed by atoms with Crippen molar-refractivity contribution in [3.05, 3.63) is 4.91 Å². The van der Waals surface area contributed by atoms with Crippen LogP contribution in [0.5, 0.6) is 0 Å². The van der Waals surface area contributed by atoms with Gasteiger partial charge in [0.05, 0.1) is 5.29 Å². The number of nitroso groups, excluding NO2 is 1. The number of carboxylic acids is 1. The van der Waals surface area contributed by atoms with Crippen LogP contribution in [0.15, 0.2) is 5.29 Å². The minimum atomic E-state index is -0.932. The van der Waals surface area contributed by atoms with E-state index in [0.29, 0.717) is 13.0 Å². The molecule has 0 amide bonds. The molecule has 0 saturated carbocycles. The van der Waals surface area contributed by atoms with Crippen molar-refractivity contribution in [3.63, 3.8) is 0 Å². The lowest BCUT2D eigenvalue weighted by Gasteiger charge is -2.22. The van der Waals surface area contributed by atoms with E-state index < -0.39 is 12.0 Å². The van der Waals surface area contributed by atoms with Crippen LogP contribution in [0.3, 0.4) is 0 Å². The highest BCUT2D eigenvalue weighted by Crippen LogP contribution is 2.16. The maximum absolute atomic E-state index is 11.0. The first-order chi connectivity index (χ1) is 7.75. The third-order valence-corrected chi connectivity index (χ3v) is 3.11. The minimum Gasteiger partial charge on any atom is -0.480 e. The molecule has 1 atom stereocenters. The summed E-state index contributed by atoms with van der Waals surface area (Å²) >= 11 is 0. The van der Waals surface area contributed by atoms with Gasteiger partial charge in [0, 0.05) is 6.54 Å². The SMILES string of the molecule is O=NN1CCCCCCCCCC1C(=O)O. The highest BCUT2D eigenvalue weighted by Gasteiger charge is 2.25. The topological polar surface area (TPSA) is 70.0 Å². The molecule has 1 heterocycles. The molecule has 0 radical (unpaired) electrons. The summed E-state index contributed by atoms with van der Waals surface area (Å²) in [7, 11) is 0. The number of hydrogen-bond donors (Lipinski definition) is 1. The van der Waals surface area contributed by atoms with Crippen molar-refractivity contribution in [3.8, 4) is 0 Å². The number of rotatable bonds is 2. The second kappa shape index (κ2) is 7.19. The smallest absolute Gasteiger partial charge is 0.328 e. The molecule has 1 unspecified atom stereocenters. The zero-order chi connectivity index (χ0) is 11.8. The van der Waals surface area contributed by atoms with Gasteiger partial charge in [-0.25, -0.2) is 9.80 Å². The molecule has 92 valence electrons. The molecule has 1 saturated heterocycles. The molecule has 1 aliphatic rings. The Hall–Kier alpha value is -1.13. The number of nitrogens with zero attached hydrogens (tertiary/aromatic N) is 2. The Kier molecular flexibility index (Phi) is 5.82. The zero-order valence-electron chi connectivity index (χ0n) is 9.60. The van der Waals surface area contributed by atoms with Crippen molar-refractivity contribution in [2.75, 3.05) is 6.54 Å². The summed E-state index contributed by atoms with van der Waals surface area (Å²) in [6.07, 6.45) is 7.91. The summed E-state index contributed by atoms with van der Waals surface area (Å²) < 4.78 is 0. The minimum absolute atomic E-state index is 0.473. The molecular weight excluding hydrogens is 208 g/mol. The van der Waals surface area contributed by atoms with Gasteiger partial charge in [0.25, 0.3) is 0 Å². The third kappa shape index (κ3) is 4.16. The second-order valence-electron chi connectivity index (χ2n) is 4.36. The largest absolute Gasteiger partial charge is 0.480 e. The van der Waals surface area contributed by atoms with Gasteiger partial charge in [-0.15, -0.1) is 4.91 Å². The lowest BCUT2D eigenvalue weighted by molar-refractivity contribution is -0.143. The molecule has 0 bridgehead atoms. The lowest BCUT2D eigenvalue weighted by atomic mass is 10.1. The maximum Gasteiger partial charge on any atom is 0.328 e. The highest BCUT2D eigenvalue weighted by molar-refractivity contribution is 5.73. The Morgan fingerprint density at radius 2 is 1.62 bits per heavy atom. The number of carboxylic acid groups (broad SMARTS) is 1. The Labute approximate surface area is 95.8 Å².